The third-order valence-corrected chi connectivity index (χ3v) is 2.61. The first-order valence-electron chi connectivity index (χ1n) is 6.20. The van der Waals surface area contributed by atoms with E-state index in [1.165, 1.54) is 12.1 Å². The molecule has 0 aliphatic heterocycles. The molecule has 0 heterocycles. The molecule has 0 aliphatic carbocycles. The van der Waals surface area contributed by atoms with Crippen LogP contribution in [0.2, 0.25) is 0 Å². The Hall–Kier alpha value is -3.08. The normalized spacial score (nSPS) is 9.50. The van der Waals surface area contributed by atoms with E-state index < -0.39 is 23.4 Å². The average molecular weight is 305 g/mol. The minimum absolute atomic E-state index is 0.0120. The van der Waals surface area contributed by atoms with Gasteiger partial charge in [0.15, 0.2) is 6.61 Å². The van der Waals surface area contributed by atoms with Gasteiger partial charge in [-0.25, -0.2) is 4.79 Å². The van der Waals surface area contributed by atoms with Crippen LogP contribution < -0.4 is 10.2 Å². The quantitative estimate of drug-likeness (QED) is 0.357. The van der Waals surface area contributed by atoms with E-state index in [0.29, 0.717) is 5.69 Å². The van der Waals surface area contributed by atoms with E-state index in [2.05, 4.69) is 11.2 Å². The Morgan fingerprint density at radius 1 is 1.45 bits per heavy atom. The lowest BCUT2D eigenvalue weighted by Gasteiger charge is -2.13. The first kappa shape index (κ1) is 17.0. The van der Waals surface area contributed by atoms with Gasteiger partial charge in [-0.2, -0.15) is 0 Å². The van der Waals surface area contributed by atoms with E-state index in [9.17, 15) is 19.7 Å². The van der Waals surface area contributed by atoms with Crippen LogP contribution in [0, 0.1) is 22.5 Å². The van der Waals surface area contributed by atoms with E-state index in [4.69, 9.17) is 11.2 Å². The van der Waals surface area contributed by atoms with Crippen molar-refractivity contribution in [2.45, 2.75) is 0 Å². The maximum absolute atomic E-state index is 11.8. The van der Waals surface area contributed by atoms with Gasteiger partial charge in [-0.15, -0.1) is 6.42 Å². The fraction of sp³-hybridized carbons (Fsp3) is 0.286. The largest absolute Gasteiger partial charge is 0.452 e. The molecule has 1 aromatic carbocycles. The maximum Gasteiger partial charge on any atom is 0.338 e. The summed E-state index contributed by atoms with van der Waals surface area (Å²) in [4.78, 5) is 35.1. The fourth-order valence-electron chi connectivity index (χ4n) is 1.59. The monoisotopic (exact) mass is 305 g/mol. The topological polar surface area (TPSA) is 102 Å². The van der Waals surface area contributed by atoms with Crippen molar-refractivity contribution in [2.24, 2.45) is 0 Å². The van der Waals surface area contributed by atoms with Gasteiger partial charge in [-0.05, 0) is 12.1 Å². The molecule has 0 fully saturated rings. The summed E-state index contributed by atoms with van der Waals surface area (Å²) >= 11 is 0. The number of carbonyl (C=O) groups is 2. The highest BCUT2D eigenvalue weighted by Gasteiger charge is 2.19. The Labute approximate surface area is 127 Å². The molecule has 8 heteroatoms. The van der Waals surface area contributed by atoms with E-state index in [-0.39, 0.29) is 17.8 Å². The van der Waals surface area contributed by atoms with Crippen LogP contribution in [0.4, 0.5) is 11.4 Å². The van der Waals surface area contributed by atoms with Crippen LogP contribution in [-0.2, 0) is 9.53 Å². The number of benzene rings is 1. The molecule has 0 aromatic heterocycles. The van der Waals surface area contributed by atoms with Crippen molar-refractivity contribution in [1.82, 2.24) is 5.32 Å². The molecule has 1 aromatic rings. The summed E-state index contributed by atoms with van der Waals surface area (Å²) in [5.74, 6) is 0.823. The average Bonchev–Trinajstić information content (AvgIpc) is 2.49. The number of nitro groups is 1. The molecule has 0 radical (unpaired) electrons. The third kappa shape index (κ3) is 4.49. The molecule has 1 N–H and O–H groups in total. The first-order valence-corrected chi connectivity index (χ1v) is 6.20. The van der Waals surface area contributed by atoms with Gasteiger partial charge in [0.1, 0.15) is 5.69 Å². The van der Waals surface area contributed by atoms with Gasteiger partial charge in [0, 0.05) is 20.2 Å². The Morgan fingerprint density at radius 2 is 2.14 bits per heavy atom. The molecule has 0 spiro atoms. The molecule has 116 valence electrons. The lowest BCUT2D eigenvalue weighted by Crippen LogP contribution is -2.29. The minimum atomic E-state index is -0.829. The number of amides is 1. The van der Waals surface area contributed by atoms with Gasteiger partial charge in [-0.3, -0.25) is 14.9 Å². The number of nitrogens with zero attached hydrogens (tertiary/aromatic N) is 2. The summed E-state index contributed by atoms with van der Waals surface area (Å²) in [7, 11) is 3.30. The van der Waals surface area contributed by atoms with Crippen LogP contribution in [-0.4, -0.2) is 44.0 Å². The molecule has 0 bridgehead atoms. The highest BCUT2D eigenvalue weighted by molar-refractivity contribution is 5.93. The molecule has 0 unspecified atom stereocenters. The van der Waals surface area contributed by atoms with Crippen molar-refractivity contribution in [3.8, 4) is 12.3 Å². The van der Waals surface area contributed by atoms with Gasteiger partial charge < -0.3 is 15.0 Å². The van der Waals surface area contributed by atoms with Crippen molar-refractivity contribution in [3.05, 3.63) is 33.9 Å². The molecule has 22 heavy (non-hydrogen) atoms. The molecular formula is C14H15N3O5. The Bertz CT molecular complexity index is 634. The number of anilines is 1. The summed E-state index contributed by atoms with van der Waals surface area (Å²) in [6, 6.07) is 3.94. The van der Waals surface area contributed by atoms with Gasteiger partial charge in [0.05, 0.1) is 17.0 Å². The van der Waals surface area contributed by atoms with Gasteiger partial charge in [-0.1, -0.05) is 5.92 Å². The number of ether oxygens (including phenoxy) is 1. The van der Waals surface area contributed by atoms with Crippen molar-refractivity contribution in [3.63, 3.8) is 0 Å². The molecule has 0 aliphatic rings. The number of hydrogen-bond donors (Lipinski definition) is 1. The summed E-state index contributed by atoms with van der Waals surface area (Å²) < 4.78 is 4.77. The molecule has 1 amide bonds. The van der Waals surface area contributed by atoms with Crippen LogP contribution in [0.3, 0.4) is 0 Å². The second-order valence-electron chi connectivity index (χ2n) is 4.41. The first-order chi connectivity index (χ1) is 10.4. The van der Waals surface area contributed by atoms with Crippen LogP contribution in [0.15, 0.2) is 18.2 Å². The van der Waals surface area contributed by atoms with Gasteiger partial charge >= 0.3 is 5.97 Å². The number of rotatable bonds is 6. The summed E-state index contributed by atoms with van der Waals surface area (Å²) in [5, 5.41) is 13.4. The summed E-state index contributed by atoms with van der Waals surface area (Å²) in [6.07, 6.45) is 4.97. The lowest BCUT2D eigenvalue weighted by atomic mass is 10.1. The van der Waals surface area contributed by atoms with E-state index in [0.717, 1.165) is 6.07 Å². The summed E-state index contributed by atoms with van der Waals surface area (Å²) in [5.41, 5.74) is 0.117. The lowest BCUT2D eigenvalue weighted by molar-refractivity contribution is -0.384. The number of terminal acetylenes is 1. The molecule has 8 nitrogen and oxygen atoms in total. The van der Waals surface area contributed by atoms with Gasteiger partial charge in [0.25, 0.3) is 11.6 Å². The van der Waals surface area contributed by atoms with Crippen LogP contribution in [0.5, 0.6) is 0 Å². The zero-order valence-corrected chi connectivity index (χ0v) is 12.2. The van der Waals surface area contributed by atoms with E-state index >= 15 is 0 Å². The standard InChI is InChI=1S/C14H15N3O5/c1-4-7-15-13(18)9-22-14(19)10-5-6-11(16(2)3)12(8-10)17(20)21/h1,5-6,8H,7,9H2,2-3H3,(H,15,18). The Balaban J connectivity index is 2.82. The fourth-order valence-corrected chi connectivity index (χ4v) is 1.59. The molecule has 0 saturated carbocycles. The maximum atomic E-state index is 11.8. The predicted molar refractivity (Wildman–Crippen MR) is 79.5 cm³/mol. The van der Waals surface area contributed by atoms with Crippen molar-refractivity contribution >= 4 is 23.3 Å². The van der Waals surface area contributed by atoms with Crippen LogP contribution >= 0.6 is 0 Å². The Morgan fingerprint density at radius 3 is 2.68 bits per heavy atom. The SMILES string of the molecule is C#CCNC(=O)COC(=O)c1ccc(N(C)C)c([N+](=O)[O-])c1. The predicted octanol–water partition coefficient (Wildman–Crippen LogP) is 0.567. The van der Waals surface area contributed by atoms with E-state index in [1.807, 2.05) is 0 Å². The smallest absolute Gasteiger partial charge is 0.338 e. The number of esters is 1. The zero-order valence-electron chi connectivity index (χ0n) is 12.2. The van der Waals surface area contributed by atoms with Crippen molar-refractivity contribution in [2.75, 3.05) is 32.1 Å². The molecular weight excluding hydrogens is 290 g/mol. The molecule has 1 rings (SSSR count). The van der Waals surface area contributed by atoms with Gasteiger partial charge in [0.2, 0.25) is 0 Å². The molecule has 0 saturated heterocycles. The van der Waals surface area contributed by atoms with Crippen molar-refractivity contribution < 1.29 is 19.2 Å². The number of nitrogens with one attached hydrogen (secondary N) is 1. The second-order valence-corrected chi connectivity index (χ2v) is 4.41. The van der Waals surface area contributed by atoms with Crippen LogP contribution in [0.25, 0.3) is 0 Å². The number of hydrogen-bond acceptors (Lipinski definition) is 6. The number of carbonyl (C=O) groups excluding carboxylic acids is 2. The van der Waals surface area contributed by atoms with Crippen LogP contribution in [0.1, 0.15) is 10.4 Å². The minimum Gasteiger partial charge on any atom is -0.452 e. The highest BCUT2D eigenvalue weighted by Crippen LogP contribution is 2.27. The molecule has 0 atom stereocenters. The second kappa shape index (κ2) is 7.64. The summed E-state index contributed by atoms with van der Waals surface area (Å²) in [6.45, 7) is -0.483. The highest BCUT2D eigenvalue weighted by atomic mass is 16.6. The Kier molecular flexibility index (Phi) is 5.89. The third-order valence-electron chi connectivity index (χ3n) is 2.61. The van der Waals surface area contributed by atoms with Crippen molar-refractivity contribution in [1.29, 1.82) is 0 Å². The zero-order chi connectivity index (χ0) is 16.7. The number of nitro benzene ring substituents is 1. The van der Waals surface area contributed by atoms with E-state index in [1.54, 1.807) is 19.0 Å².